The molecule has 1 heterocycles. The highest BCUT2D eigenvalue weighted by atomic mass is 32.1. The fraction of sp³-hybridized carbons (Fsp3) is 0.276. The van der Waals surface area contributed by atoms with Crippen LogP contribution in [0.5, 0.6) is 5.75 Å². The molecular formula is C29H27F3N2O6S. The van der Waals surface area contributed by atoms with E-state index in [9.17, 15) is 22.8 Å². The predicted octanol–water partition coefficient (Wildman–Crippen LogP) is 5.20. The van der Waals surface area contributed by atoms with Gasteiger partial charge < -0.3 is 19.0 Å². The molecule has 0 amide bonds. The number of benzene rings is 3. The topological polar surface area (TPSA) is 88.4 Å². The van der Waals surface area contributed by atoms with Gasteiger partial charge in [-0.1, -0.05) is 65.0 Å². The first kappa shape index (κ1) is 29.8. The molecule has 0 spiro atoms. The maximum atomic E-state index is 12.8. The lowest BCUT2D eigenvalue weighted by molar-refractivity contribution is -0.193. The van der Waals surface area contributed by atoms with Crippen LogP contribution in [-0.4, -0.2) is 56.0 Å². The van der Waals surface area contributed by atoms with E-state index in [1.165, 1.54) is 7.11 Å². The van der Waals surface area contributed by atoms with Crippen molar-refractivity contribution in [2.24, 2.45) is 5.16 Å². The SMILES string of the molecule is CO/N=C(\c1ccccc1)c1ccc2c(c1)sc(=O)n2CCOc1ccc(CC(OCC(F)(F)F)C(=O)OC)cc1. The van der Waals surface area contributed by atoms with Gasteiger partial charge in [0.1, 0.15) is 31.8 Å². The molecule has 1 aromatic heterocycles. The van der Waals surface area contributed by atoms with Crippen molar-refractivity contribution >= 4 is 33.2 Å². The number of rotatable bonds is 12. The molecule has 1 atom stereocenters. The van der Waals surface area contributed by atoms with Crippen molar-refractivity contribution in [1.82, 2.24) is 4.57 Å². The lowest BCUT2D eigenvalue weighted by Crippen LogP contribution is -2.32. The van der Waals surface area contributed by atoms with Crippen LogP contribution >= 0.6 is 11.3 Å². The van der Waals surface area contributed by atoms with E-state index in [1.54, 1.807) is 28.8 Å². The Labute approximate surface area is 237 Å². The van der Waals surface area contributed by atoms with Gasteiger partial charge in [0.05, 0.1) is 23.9 Å². The quantitative estimate of drug-likeness (QED) is 0.128. The number of hydrogen-bond donors (Lipinski definition) is 0. The fourth-order valence-electron chi connectivity index (χ4n) is 4.11. The second-order valence-corrected chi connectivity index (χ2v) is 9.82. The number of carbonyl (C=O) groups excluding carboxylic acids is 1. The van der Waals surface area contributed by atoms with Crippen LogP contribution in [0, 0.1) is 0 Å². The Morgan fingerprint density at radius 1 is 1.00 bits per heavy atom. The lowest BCUT2D eigenvalue weighted by atomic mass is 10.0. The molecule has 0 fully saturated rings. The van der Waals surface area contributed by atoms with Crippen molar-refractivity contribution < 1.29 is 37.0 Å². The third kappa shape index (κ3) is 7.95. The third-order valence-electron chi connectivity index (χ3n) is 6.01. The number of carbonyl (C=O) groups is 1. The van der Waals surface area contributed by atoms with Crippen LogP contribution in [0.1, 0.15) is 16.7 Å². The van der Waals surface area contributed by atoms with Crippen LogP contribution in [0.3, 0.4) is 0 Å². The monoisotopic (exact) mass is 588 g/mol. The molecule has 3 aromatic carbocycles. The highest BCUT2D eigenvalue weighted by Crippen LogP contribution is 2.23. The summed E-state index contributed by atoms with van der Waals surface area (Å²) in [6, 6.07) is 21.8. The van der Waals surface area contributed by atoms with Gasteiger partial charge in [0.25, 0.3) is 0 Å². The van der Waals surface area contributed by atoms with Crippen LogP contribution in [0.4, 0.5) is 13.2 Å². The minimum atomic E-state index is -4.56. The third-order valence-corrected chi connectivity index (χ3v) is 6.95. The van der Waals surface area contributed by atoms with E-state index in [4.69, 9.17) is 14.3 Å². The normalized spacial score (nSPS) is 12.8. The van der Waals surface area contributed by atoms with Gasteiger partial charge in [0, 0.05) is 17.5 Å². The van der Waals surface area contributed by atoms with E-state index in [1.807, 2.05) is 48.5 Å². The van der Waals surface area contributed by atoms with Crippen molar-refractivity contribution in [3.05, 3.63) is 99.2 Å². The Balaban J connectivity index is 1.40. The smallest absolute Gasteiger partial charge is 0.411 e. The Morgan fingerprint density at radius 3 is 2.39 bits per heavy atom. The van der Waals surface area contributed by atoms with E-state index in [2.05, 4.69) is 9.89 Å². The van der Waals surface area contributed by atoms with E-state index in [0.717, 1.165) is 39.8 Å². The number of methoxy groups -OCH3 is 1. The molecule has 12 heteroatoms. The van der Waals surface area contributed by atoms with E-state index in [-0.39, 0.29) is 17.9 Å². The Morgan fingerprint density at radius 2 is 1.73 bits per heavy atom. The van der Waals surface area contributed by atoms with Crippen LogP contribution in [0.2, 0.25) is 0 Å². The van der Waals surface area contributed by atoms with Crippen LogP contribution in [0.25, 0.3) is 10.2 Å². The Kier molecular flexibility index (Phi) is 9.79. The zero-order chi connectivity index (χ0) is 29.4. The van der Waals surface area contributed by atoms with E-state index < -0.39 is 24.9 Å². The molecule has 216 valence electrons. The number of esters is 1. The predicted molar refractivity (Wildman–Crippen MR) is 149 cm³/mol. The van der Waals surface area contributed by atoms with E-state index >= 15 is 0 Å². The Hall–Kier alpha value is -4.16. The zero-order valence-electron chi connectivity index (χ0n) is 22.2. The van der Waals surface area contributed by atoms with Gasteiger partial charge in [-0.15, -0.1) is 0 Å². The number of alkyl halides is 3. The van der Waals surface area contributed by atoms with Crippen LogP contribution < -0.4 is 9.61 Å². The van der Waals surface area contributed by atoms with Crippen LogP contribution in [0.15, 0.2) is 82.7 Å². The molecule has 8 nitrogen and oxygen atoms in total. The summed E-state index contributed by atoms with van der Waals surface area (Å²) in [6.45, 7) is -1.05. The summed E-state index contributed by atoms with van der Waals surface area (Å²) < 4.78 is 55.1. The van der Waals surface area contributed by atoms with Gasteiger partial charge >= 0.3 is 17.0 Å². The van der Waals surface area contributed by atoms with Gasteiger partial charge in [0.15, 0.2) is 6.10 Å². The molecule has 0 aliphatic heterocycles. The van der Waals surface area contributed by atoms with Gasteiger partial charge in [-0.25, -0.2) is 4.79 Å². The lowest BCUT2D eigenvalue weighted by Gasteiger charge is -2.17. The average molecular weight is 589 g/mol. The van der Waals surface area contributed by atoms with Crippen molar-refractivity contribution in [3.63, 3.8) is 0 Å². The van der Waals surface area contributed by atoms with Crippen LogP contribution in [-0.2, 0) is 32.1 Å². The molecule has 41 heavy (non-hydrogen) atoms. The summed E-state index contributed by atoms with van der Waals surface area (Å²) >= 11 is 1.12. The maximum Gasteiger partial charge on any atom is 0.411 e. The molecule has 0 N–H and O–H groups in total. The molecule has 1 unspecified atom stereocenters. The van der Waals surface area contributed by atoms with Gasteiger partial charge in [-0.3, -0.25) is 9.36 Å². The Bertz CT molecular complexity index is 1550. The van der Waals surface area contributed by atoms with Gasteiger partial charge in [0.2, 0.25) is 0 Å². The number of halogens is 3. The molecule has 0 radical (unpaired) electrons. The second kappa shape index (κ2) is 13.5. The number of oxime groups is 1. The number of thiazole rings is 1. The standard InChI is InChI=1S/C29H27F3N2O6S/c1-37-27(35)24(40-18-29(30,31)32)16-19-8-11-22(12-9-19)39-15-14-34-23-13-10-21(17-25(23)41-28(34)36)26(33-38-2)20-6-4-3-5-7-20/h3-13,17,24H,14-16,18H2,1-2H3/b33-26+. The highest BCUT2D eigenvalue weighted by molar-refractivity contribution is 7.16. The molecule has 4 aromatic rings. The van der Waals surface area contributed by atoms with Crippen molar-refractivity contribution in [1.29, 1.82) is 0 Å². The number of nitrogens with zero attached hydrogens (tertiary/aromatic N) is 2. The number of fused-ring (bicyclic) bond motifs is 1. The zero-order valence-corrected chi connectivity index (χ0v) is 23.0. The number of ether oxygens (including phenoxy) is 3. The second-order valence-electron chi connectivity index (χ2n) is 8.83. The molecule has 0 aliphatic carbocycles. The molecule has 0 saturated carbocycles. The van der Waals surface area contributed by atoms with Gasteiger partial charge in [-0.2, -0.15) is 13.2 Å². The largest absolute Gasteiger partial charge is 0.492 e. The van der Waals surface area contributed by atoms with E-state index in [0.29, 0.717) is 23.6 Å². The number of hydrogen-bond acceptors (Lipinski definition) is 8. The first-order valence-electron chi connectivity index (χ1n) is 12.5. The summed E-state index contributed by atoms with van der Waals surface area (Å²) in [5.41, 5.74) is 3.68. The van der Waals surface area contributed by atoms with Crippen molar-refractivity contribution in [2.45, 2.75) is 25.2 Å². The summed E-state index contributed by atoms with van der Waals surface area (Å²) in [4.78, 5) is 29.5. The summed E-state index contributed by atoms with van der Waals surface area (Å²) in [6.07, 6.45) is -6.05. The minimum Gasteiger partial charge on any atom is -0.492 e. The van der Waals surface area contributed by atoms with Crippen molar-refractivity contribution in [3.8, 4) is 5.75 Å². The molecule has 4 rings (SSSR count). The molecule has 0 aliphatic rings. The highest BCUT2D eigenvalue weighted by Gasteiger charge is 2.32. The first-order valence-corrected chi connectivity index (χ1v) is 13.3. The summed E-state index contributed by atoms with van der Waals surface area (Å²) in [5, 5.41) is 4.18. The average Bonchev–Trinajstić information content (AvgIpc) is 3.28. The van der Waals surface area contributed by atoms with Crippen molar-refractivity contribution in [2.75, 3.05) is 27.4 Å². The summed E-state index contributed by atoms with van der Waals surface area (Å²) in [5.74, 6) is -0.393. The minimum absolute atomic E-state index is 0.0949. The molecule has 0 saturated heterocycles. The summed E-state index contributed by atoms with van der Waals surface area (Å²) in [7, 11) is 2.57. The molecule has 0 bridgehead atoms. The number of aromatic nitrogens is 1. The fourth-order valence-corrected chi connectivity index (χ4v) is 5.07. The van der Waals surface area contributed by atoms with Gasteiger partial charge in [-0.05, 0) is 29.8 Å². The first-order chi connectivity index (χ1) is 19.7. The molecular weight excluding hydrogens is 561 g/mol. The maximum absolute atomic E-state index is 12.8.